The standard InChI is InChI=1S/C10H5F7N2OS/c11-7(12)10(16,17)20-6-2-5-4(18-8(21)19-5)1-3(6)9(13,14)15/h1-2,7H,(H2,18,19,21). The van der Waals surface area contributed by atoms with E-state index in [1.165, 1.54) is 0 Å². The highest BCUT2D eigenvalue weighted by Crippen LogP contribution is 2.40. The second-order valence-electron chi connectivity index (χ2n) is 3.94. The molecule has 2 rings (SSSR count). The summed E-state index contributed by atoms with van der Waals surface area (Å²) in [6, 6.07) is 0.971. The normalized spacial score (nSPS) is 13.1. The third-order valence-corrected chi connectivity index (χ3v) is 2.63. The highest BCUT2D eigenvalue weighted by Gasteiger charge is 2.46. The average Bonchev–Trinajstić information content (AvgIpc) is 2.65. The summed E-state index contributed by atoms with van der Waals surface area (Å²) in [6.07, 6.45) is -14.4. The minimum absolute atomic E-state index is 0.0594. The molecule has 116 valence electrons. The smallest absolute Gasteiger partial charge is 0.428 e. The van der Waals surface area contributed by atoms with E-state index in [2.05, 4.69) is 26.9 Å². The Hall–Kier alpha value is -1.78. The van der Waals surface area contributed by atoms with E-state index in [0.717, 1.165) is 0 Å². The number of halogens is 7. The van der Waals surface area contributed by atoms with Crippen LogP contribution in [0.2, 0.25) is 0 Å². The van der Waals surface area contributed by atoms with Gasteiger partial charge >= 0.3 is 18.7 Å². The molecule has 2 N–H and O–H groups in total. The van der Waals surface area contributed by atoms with Gasteiger partial charge in [0.15, 0.2) is 4.77 Å². The highest BCUT2D eigenvalue weighted by atomic mass is 32.1. The topological polar surface area (TPSA) is 40.8 Å². The molecule has 0 spiro atoms. The van der Waals surface area contributed by atoms with Crippen LogP contribution in [-0.2, 0) is 6.18 Å². The Balaban J connectivity index is 2.62. The zero-order valence-electron chi connectivity index (χ0n) is 9.69. The maximum absolute atomic E-state index is 12.8. The van der Waals surface area contributed by atoms with Gasteiger partial charge in [-0.2, -0.15) is 30.7 Å². The molecule has 0 amide bonds. The number of nitrogens with one attached hydrogen (secondary N) is 2. The number of alkyl halides is 7. The van der Waals surface area contributed by atoms with Crippen LogP contribution in [0, 0.1) is 4.77 Å². The molecule has 0 fully saturated rings. The van der Waals surface area contributed by atoms with Crippen molar-refractivity contribution in [3.63, 3.8) is 0 Å². The van der Waals surface area contributed by atoms with Crippen LogP contribution in [0.25, 0.3) is 11.0 Å². The second kappa shape index (κ2) is 4.90. The predicted octanol–water partition coefficient (Wildman–Crippen LogP) is 4.48. The molecule has 1 aromatic carbocycles. The fraction of sp³-hybridized carbons (Fsp3) is 0.300. The van der Waals surface area contributed by atoms with Crippen LogP contribution in [0.1, 0.15) is 5.56 Å². The van der Waals surface area contributed by atoms with Crippen molar-refractivity contribution >= 4 is 23.3 Å². The molecule has 0 aliphatic heterocycles. The van der Waals surface area contributed by atoms with Crippen molar-refractivity contribution in [1.29, 1.82) is 0 Å². The van der Waals surface area contributed by atoms with Crippen molar-refractivity contribution in [2.24, 2.45) is 0 Å². The van der Waals surface area contributed by atoms with Crippen molar-refractivity contribution in [3.05, 3.63) is 22.5 Å². The minimum atomic E-state index is -5.07. The number of aromatic amines is 2. The van der Waals surface area contributed by atoms with E-state index in [-0.39, 0.29) is 15.8 Å². The number of H-pyrrole nitrogens is 2. The molecule has 0 aliphatic carbocycles. The van der Waals surface area contributed by atoms with Crippen molar-refractivity contribution in [2.45, 2.75) is 18.7 Å². The third-order valence-electron chi connectivity index (χ3n) is 2.42. The molecule has 3 nitrogen and oxygen atoms in total. The van der Waals surface area contributed by atoms with E-state index >= 15 is 0 Å². The number of hydrogen-bond donors (Lipinski definition) is 2. The Kier molecular flexibility index (Phi) is 3.64. The predicted molar refractivity (Wildman–Crippen MR) is 60.1 cm³/mol. The fourth-order valence-electron chi connectivity index (χ4n) is 1.56. The molecule has 2 aromatic rings. The fourth-order valence-corrected chi connectivity index (χ4v) is 1.78. The lowest BCUT2D eigenvalue weighted by atomic mass is 10.1. The van der Waals surface area contributed by atoms with Gasteiger partial charge in [0.1, 0.15) is 5.75 Å². The Labute approximate surface area is 116 Å². The van der Waals surface area contributed by atoms with E-state index in [9.17, 15) is 30.7 Å². The molecular weight excluding hydrogens is 329 g/mol. The van der Waals surface area contributed by atoms with Crippen molar-refractivity contribution in [1.82, 2.24) is 9.97 Å². The number of imidazole rings is 1. The largest absolute Gasteiger partial charge is 0.461 e. The molecule has 1 aromatic heterocycles. The number of fused-ring (bicyclic) bond motifs is 1. The molecule has 21 heavy (non-hydrogen) atoms. The lowest BCUT2D eigenvalue weighted by molar-refractivity contribution is -0.255. The molecule has 0 atom stereocenters. The Bertz CT molecular complexity index is 718. The summed E-state index contributed by atoms with van der Waals surface area (Å²) in [7, 11) is 0. The van der Waals surface area contributed by atoms with E-state index in [1.54, 1.807) is 0 Å². The number of aromatic nitrogens is 2. The number of benzene rings is 1. The summed E-state index contributed by atoms with van der Waals surface area (Å²) in [5.74, 6) is -1.43. The maximum Gasteiger partial charge on any atom is 0.461 e. The summed E-state index contributed by atoms with van der Waals surface area (Å²) >= 11 is 4.64. The van der Waals surface area contributed by atoms with Crippen LogP contribution in [-0.4, -0.2) is 22.5 Å². The van der Waals surface area contributed by atoms with E-state index in [4.69, 9.17) is 0 Å². The molecule has 11 heteroatoms. The quantitative estimate of drug-likeness (QED) is 0.642. The number of ether oxygens (including phenoxy) is 1. The summed E-state index contributed by atoms with van der Waals surface area (Å²) in [4.78, 5) is 4.72. The van der Waals surface area contributed by atoms with Gasteiger partial charge in [-0.15, -0.1) is 0 Å². The van der Waals surface area contributed by atoms with Gasteiger partial charge in [-0.25, -0.2) is 0 Å². The molecular formula is C10H5F7N2OS. The van der Waals surface area contributed by atoms with Gasteiger partial charge in [-0.05, 0) is 18.3 Å². The van der Waals surface area contributed by atoms with Crippen molar-refractivity contribution in [2.75, 3.05) is 0 Å². The lowest BCUT2D eigenvalue weighted by Gasteiger charge is -2.20. The van der Waals surface area contributed by atoms with Gasteiger partial charge in [0.2, 0.25) is 0 Å². The van der Waals surface area contributed by atoms with Crippen LogP contribution in [0.15, 0.2) is 12.1 Å². The zero-order chi connectivity index (χ0) is 16.0. The first-order chi connectivity index (χ1) is 9.50. The van der Waals surface area contributed by atoms with Crippen molar-refractivity contribution in [3.8, 4) is 5.75 Å². The van der Waals surface area contributed by atoms with Crippen LogP contribution in [0.3, 0.4) is 0 Å². The average molecular weight is 334 g/mol. The minimum Gasteiger partial charge on any atom is -0.428 e. The molecule has 1 heterocycles. The molecule has 0 bridgehead atoms. The Morgan fingerprint density at radius 1 is 1.00 bits per heavy atom. The van der Waals surface area contributed by atoms with Gasteiger partial charge in [0, 0.05) is 6.07 Å². The van der Waals surface area contributed by atoms with Crippen LogP contribution < -0.4 is 4.74 Å². The number of hydrogen-bond acceptors (Lipinski definition) is 2. The van der Waals surface area contributed by atoms with E-state index < -0.39 is 30.0 Å². The van der Waals surface area contributed by atoms with Gasteiger partial charge in [-0.1, -0.05) is 0 Å². The molecule has 0 aliphatic rings. The first-order valence-corrected chi connectivity index (χ1v) is 5.60. The second-order valence-corrected chi connectivity index (χ2v) is 4.34. The highest BCUT2D eigenvalue weighted by molar-refractivity contribution is 7.71. The summed E-state index contributed by atoms with van der Waals surface area (Å²) in [5.41, 5.74) is -1.84. The molecule has 0 saturated carbocycles. The first kappa shape index (κ1) is 15.6. The van der Waals surface area contributed by atoms with Gasteiger partial charge in [0.25, 0.3) is 0 Å². The van der Waals surface area contributed by atoms with Crippen LogP contribution in [0.5, 0.6) is 5.75 Å². The number of rotatable bonds is 3. The van der Waals surface area contributed by atoms with E-state index in [1.807, 2.05) is 0 Å². The Morgan fingerprint density at radius 2 is 1.52 bits per heavy atom. The van der Waals surface area contributed by atoms with Gasteiger partial charge < -0.3 is 14.7 Å². The monoisotopic (exact) mass is 334 g/mol. The Morgan fingerprint density at radius 3 is 2.00 bits per heavy atom. The maximum atomic E-state index is 12.8. The summed E-state index contributed by atoms with van der Waals surface area (Å²) in [6.45, 7) is 0. The van der Waals surface area contributed by atoms with Gasteiger partial charge in [0.05, 0.1) is 16.6 Å². The summed E-state index contributed by atoms with van der Waals surface area (Å²) in [5, 5.41) is 0. The first-order valence-electron chi connectivity index (χ1n) is 5.19. The SMILES string of the molecule is FC(F)C(F)(F)Oc1cc2[nH]c(=S)[nH]c2cc1C(F)(F)F. The van der Waals surface area contributed by atoms with Gasteiger partial charge in [-0.3, -0.25) is 0 Å². The van der Waals surface area contributed by atoms with E-state index in [0.29, 0.717) is 12.1 Å². The molecule has 0 unspecified atom stereocenters. The molecule has 0 saturated heterocycles. The summed E-state index contributed by atoms with van der Waals surface area (Å²) < 4.78 is 91.7. The zero-order valence-corrected chi connectivity index (χ0v) is 10.5. The molecule has 0 radical (unpaired) electrons. The van der Waals surface area contributed by atoms with Crippen LogP contribution >= 0.6 is 12.2 Å². The van der Waals surface area contributed by atoms with Crippen molar-refractivity contribution < 1.29 is 35.5 Å². The van der Waals surface area contributed by atoms with Crippen LogP contribution in [0.4, 0.5) is 30.7 Å². The third kappa shape index (κ3) is 3.12. The lowest BCUT2D eigenvalue weighted by Crippen LogP contribution is -2.34.